The Morgan fingerprint density at radius 3 is 2.62 bits per heavy atom. The molecule has 0 spiro atoms. The van der Waals surface area contributed by atoms with Crippen molar-refractivity contribution in [3.63, 3.8) is 0 Å². The second-order valence-corrected chi connectivity index (χ2v) is 4.78. The van der Waals surface area contributed by atoms with E-state index in [9.17, 15) is 4.79 Å². The van der Waals surface area contributed by atoms with Crippen LogP contribution >= 0.6 is 0 Å². The summed E-state index contributed by atoms with van der Waals surface area (Å²) < 4.78 is 5.09. The van der Waals surface area contributed by atoms with Gasteiger partial charge in [0, 0.05) is 0 Å². The molecule has 1 aliphatic carbocycles. The third-order valence-corrected chi connectivity index (χ3v) is 3.49. The largest absolute Gasteiger partial charge is 0.461 e. The van der Waals surface area contributed by atoms with Crippen LogP contribution in [0.5, 0.6) is 0 Å². The van der Waals surface area contributed by atoms with Gasteiger partial charge < -0.3 is 4.74 Å². The molecule has 0 saturated heterocycles. The summed E-state index contributed by atoms with van der Waals surface area (Å²) in [5.41, 5.74) is 0. The van der Waals surface area contributed by atoms with E-state index >= 15 is 0 Å². The lowest BCUT2D eigenvalue weighted by Crippen LogP contribution is -2.23. The molecule has 2 heteroatoms. The Kier molecular flexibility index (Phi) is 6.20. The van der Waals surface area contributed by atoms with E-state index in [2.05, 4.69) is 13.5 Å². The molecule has 0 N–H and O–H groups in total. The SMILES string of the molecule is C=CCOC(=O)C1CCC(CCCC)CC1. The van der Waals surface area contributed by atoms with Crippen molar-refractivity contribution < 1.29 is 9.53 Å². The first-order chi connectivity index (χ1) is 7.77. The fourth-order valence-corrected chi connectivity index (χ4v) is 2.44. The molecular weight excluding hydrogens is 200 g/mol. The summed E-state index contributed by atoms with van der Waals surface area (Å²) in [4.78, 5) is 11.6. The third kappa shape index (κ3) is 4.38. The quantitative estimate of drug-likeness (QED) is 0.508. The molecule has 0 aliphatic heterocycles. The fraction of sp³-hybridized carbons (Fsp3) is 0.786. The number of esters is 1. The van der Waals surface area contributed by atoms with Crippen LogP contribution in [-0.4, -0.2) is 12.6 Å². The maximum atomic E-state index is 11.6. The molecule has 0 atom stereocenters. The predicted molar refractivity (Wildman–Crippen MR) is 66.1 cm³/mol. The minimum Gasteiger partial charge on any atom is -0.461 e. The van der Waals surface area contributed by atoms with Crippen LogP contribution in [0.3, 0.4) is 0 Å². The Balaban J connectivity index is 2.20. The minimum absolute atomic E-state index is 0.0196. The molecule has 92 valence electrons. The van der Waals surface area contributed by atoms with Gasteiger partial charge in [-0.05, 0) is 31.6 Å². The normalized spacial score (nSPS) is 25.1. The van der Waals surface area contributed by atoms with Gasteiger partial charge in [-0.15, -0.1) is 0 Å². The monoisotopic (exact) mass is 224 g/mol. The first kappa shape index (κ1) is 13.3. The van der Waals surface area contributed by atoms with Gasteiger partial charge in [-0.1, -0.05) is 38.8 Å². The van der Waals surface area contributed by atoms with Gasteiger partial charge in [-0.3, -0.25) is 4.79 Å². The number of hydrogen-bond acceptors (Lipinski definition) is 2. The Morgan fingerprint density at radius 2 is 2.06 bits per heavy atom. The Hall–Kier alpha value is -0.790. The summed E-state index contributed by atoms with van der Waals surface area (Å²) >= 11 is 0. The van der Waals surface area contributed by atoms with Gasteiger partial charge in [0.1, 0.15) is 6.61 Å². The summed E-state index contributed by atoms with van der Waals surface area (Å²) in [5, 5.41) is 0. The van der Waals surface area contributed by atoms with Crippen molar-refractivity contribution in [2.45, 2.75) is 51.9 Å². The van der Waals surface area contributed by atoms with Crippen LogP contribution in [0.15, 0.2) is 12.7 Å². The second kappa shape index (κ2) is 7.48. The highest BCUT2D eigenvalue weighted by Gasteiger charge is 2.26. The zero-order valence-electron chi connectivity index (χ0n) is 10.4. The average Bonchev–Trinajstić information content (AvgIpc) is 2.34. The summed E-state index contributed by atoms with van der Waals surface area (Å²) in [7, 11) is 0. The molecule has 2 nitrogen and oxygen atoms in total. The van der Waals surface area contributed by atoms with Gasteiger partial charge in [0.05, 0.1) is 5.92 Å². The highest BCUT2D eigenvalue weighted by Crippen LogP contribution is 2.32. The molecule has 0 aromatic carbocycles. The standard InChI is InChI=1S/C14H24O2/c1-3-5-6-12-7-9-13(10-8-12)14(15)16-11-4-2/h4,12-13H,2-3,5-11H2,1H3. The molecule has 0 radical (unpaired) electrons. The van der Waals surface area contributed by atoms with E-state index in [0.29, 0.717) is 6.61 Å². The van der Waals surface area contributed by atoms with E-state index in [1.165, 1.54) is 32.1 Å². The van der Waals surface area contributed by atoms with Crippen molar-refractivity contribution in [3.8, 4) is 0 Å². The molecule has 0 unspecified atom stereocenters. The van der Waals surface area contributed by atoms with Gasteiger partial charge in [-0.25, -0.2) is 0 Å². The number of carbonyl (C=O) groups excluding carboxylic acids is 1. The van der Waals surface area contributed by atoms with Crippen molar-refractivity contribution in [3.05, 3.63) is 12.7 Å². The van der Waals surface area contributed by atoms with E-state index in [1.807, 2.05) is 0 Å². The van der Waals surface area contributed by atoms with Gasteiger partial charge in [0.2, 0.25) is 0 Å². The predicted octanol–water partition coefficient (Wildman–Crippen LogP) is 3.71. The lowest BCUT2D eigenvalue weighted by atomic mass is 9.80. The van der Waals surface area contributed by atoms with E-state index in [0.717, 1.165) is 18.8 Å². The molecule has 1 aliphatic rings. The van der Waals surface area contributed by atoms with E-state index in [-0.39, 0.29) is 11.9 Å². The molecule has 0 amide bonds. The van der Waals surface area contributed by atoms with Crippen molar-refractivity contribution >= 4 is 5.97 Å². The highest BCUT2D eigenvalue weighted by atomic mass is 16.5. The summed E-state index contributed by atoms with van der Waals surface area (Å²) in [6, 6.07) is 0. The van der Waals surface area contributed by atoms with Crippen molar-refractivity contribution in [1.29, 1.82) is 0 Å². The zero-order chi connectivity index (χ0) is 11.8. The minimum atomic E-state index is -0.0196. The van der Waals surface area contributed by atoms with Gasteiger partial charge in [-0.2, -0.15) is 0 Å². The number of rotatable bonds is 6. The summed E-state index contributed by atoms with van der Waals surface area (Å²) in [6.07, 6.45) is 10.0. The van der Waals surface area contributed by atoms with E-state index in [1.54, 1.807) is 6.08 Å². The van der Waals surface area contributed by atoms with Crippen molar-refractivity contribution in [2.24, 2.45) is 11.8 Å². The smallest absolute Gasteiger partial charge is 0.309 e. The number of ether oxygens (including phenoxy) is 1. The first-order valence-electron chi connectivity index (χ1n) is 6.55. The lowest BCUT2D eigenvalue weighted by molar-refractivity contribution is -0.148. The first-order valence-corrected chi connectivity index (χ1v) is 6.55. The van der Waals surface area contributed by atoms with Crippen LogP contribution in [0.25, 0.3) is 0 Å². The molecule has 0 bridgehead atoms. The number of unbranched alkanes of at least 4 members (excludes halogenated alkanes) is 1. The molecule has 0 aromatic heterocycles. The van der Waals surface area contributed by atoms with E-state index < -0.39 is 0 Å². The molecule has 0 aromatic rings. The molecule has 1 rings (SSSR count). The van der Waals surface area contributed by atoms with Gasteiger partial charge in [0.15, 0.2) is 0 Å². The Labute approximate surface area is 99.1 Å². The van der Waals surface area contributed by atoms with Crippen LogP contribution in [0.2, 0.25) is 0 Å². The third-order valence-electron chi connectivity index (χ3n) is 3.49. The van der Waals surface area contributed by atoms with Gasteiger partial charge >= 0.3 is 5.97 Å². The lowest BCUT2D eigenvalue weighted by Gasteiger charge is -2.27. The van der Waals surface area contributed by atoms with Crippen molar-refractivity contribution in [1.82, 2.24) is 0 Å². The second-order valence-electron chi connectivity index (χ2n) is 4.78. The van der Waals surface area contributed by atoms with Crippen LogP contribution in [0.4, 0.5) is 0 Å². The number of hydrogen-bond donors (Lipinski definition) is 0. The van der Waals surface area contributed by atoms with Crippen molar-refractivity contribution in [2.75, 3.05) is 6.61 Å². The molecule has 0 heterocycles. The summed E-state index contributed by atoms with van der Waals surface area (Å²) in [6.45, 7) is 6.14. The highest BCUT2D eigenvalue weighted by molar-refractivity contribution is 5.72. The fourth-order valence-electron chi connectivity index (χ4n) is 2.44. The average molecular weight is 224 g/mol. The van der Waals surface area contributed by atoms with Crippen LogP contribution in [-0.2, 0) is 9.53 Å². The van der Waals surface area contributed by atoms with Crippen LogP contribution in [0.1, 0.15) is 51.9 Å². The maximum absolute atomic E-state index is 11.6. The Bertz CT molecular complexity index is 215. The zero-order valence-corrected chi connectivity index (χ0v) is 10.4. The summed E-state index contributed by atoms with van der Waals surface area (Å²) in [5.74, 6) is 0.982. The number of carbonyl (C=O) groups is 1. The molecule has 1 fully saturated rings. The van der Waals surface area contributed by atoms with Gasteiger partial charge in [0.25, 0.3) is 0 Å². The van der Waals surface area contributed by atoms with E-state index in [4.69, 9.17) is 4.74 Å². The molecular formula is C14H24O2. The molecule has 1 saturated carbocycles. The topological polar surface area (TPSA) is 26.3 Å². The molecule has 16 heavy (non-hydrogen) atoms. The Morgan fingerprint density at radius 1 is 1.38 bits per heavy atom. The van der Waals surface area contributed by atoms with Crippen LogP contribution in [0, 0.1) is 11.8 Å². The van der Waals surface area contributed by atoms with Crippen LogP contribution < -0.4 is 0 Å². The maximum Gasteiger partial charge on any atom is 0.309 e.